The molecular weight excluding hydrogens is 531 g/mol. The highest BCUT2D eigenvalue weighted by Crippen LogP contribution is 2.33. The summed E-state index contributed by atoms with van der Waals surface area (Å²) in [5, 5.41) is 15.2. The molecule has 41 heavy (non-hydrogen) atoms. The molecule has 3 heterocycles. The van der Waals surface area contributed by atoms with Crippen LogP contribution < -0.4 is 15.5 Å². The Bertz CT molecular complexity index is 1380. The van der Waals surface area contributed by atoms with Crippen molar-refractivity contribution in [2.24, 2.45) is 0 Å². The van der Waals surface area contributed by atoms with Crippen molar-refractivity contribution in [3.63, 3.8) is 0 Å². The summed E-state index contributed by atoms with van der Waals surface area (Å²) in [5.41, 5.74) is 3.35. The summed E-state index contributed by atoms with van der Waals surface area (Å²) in [6.45, 7) is 5.35. The Morgan fingerprint density at radius 1 is 1.02 bits per heavy atom. The van der Waals surface area contributed by atoms with Crippen LogP contribution in [0.25, 0.3) is 11.3 Å². The number of rotatable bonds is 8. The van der Waals surface area contributed by atoms with E-state index in [2.05, 4.69) is 31.6 Å². The van der Waals surface area contributed by atoms with Crippen molar-refractivity contribution in [3.05, 3.63) is 77.1 Å². The molecule has 0 unspecified atom stereocenters. The first kappa shape index (κ1) is 28.5. The van der Waals surface area contributed by atoms with Crippen LogP contribution in [-0.4, -0.2) is 66.1 Å². The summed E-state index contributed by atoms with van der Waals surface area (Å²) >= 11 is 0. The predicted octanol–water partition coefficient (Wildman–Crippen LogP) is 3.77. The van der Waals surface area contributed by atoms with Gasteiger partial charge in [-0.3, -0.25) is 9.69 Å². The van der Waals surface area contributed by atoms with Crippen LogP contribution >= 0.6 is 0 Å². The van der Waals surface area contributed by atoms with Gasteiger partial charge < -0.3 is 15.5 Å². The summed E-state index contributed by atoms with van der Waals surface area (Å²) < 4.78 is 41.6. The number of hydrogen-bond donors (Lipinski definition) is 2. The maximum atomic E-state index is 13.9. The summed E-state index contributed by atoms with van der Waals surface area (Å²) in [6, 6.07) is 17.5. The molecule has 5 rings (SSSR count). The number of carbonyl (C=O) groups excluding carboxylic acids is 1. The van der Waals surface area contributed by atoms with E-state index in [4.69, 9.17) is 5.26 Å². The predicted molar refractivity (Wildman–Crippen MR) is 149 cm³/mol. The fraction of sp³-hybridized carbons (Fsp3) is 0.400. The number of halogens is 3. The van der Waals surface area contributed by atoms with Crippen molar-refractivity contribution >= 4 is 11.7 Å². The molecule has 3 aromatic rings. The first-order valence-corrected chi connectivity index (χ1v) is 13.8. The van der Waals surface area contributed by atoms with E-state index in [-0.39, 0.29) is 17.4 Å². The quantitative estimate of drug-likeness (QED) is 0.431. The Kier molecular flexibility index (Phi) is 8.81. The topological polar surface area (TPSA) is 97.2 Å². The molecule has 2 saturated heterocycles. The number of aromatic nitrogens is 2. The molecular formula is C30H32F3N7O. The third-order valence-corrected chi connectivity index (χ3v) is 7.48. The number of amides is 1. The normalized spacial score (nSPS) is 17.8. The molecule has 2 N–H and O–H groups in total. The maximum absolute atomic E-state index is 13.9. The zero-order valence-electron chi connectivity index (χ0n) is 22.6. The van der Waals surface area contributed by atoms with Crippen molar-refractivity contribution in [2.45, 2.75) is 38.0 Å². The third kappa shape index (κ3) is 7.20. The first-order chi connectivity index (χ1) is 19.8. The molecule has 2 fully saturated rings. The average Bonchev–Trinajstić information content (AvgIpc) is 3.48. The molecule has 214 valence electrons. The van der Waals surface area contributed by atoms with E-state index >= 15 is 0 Å². The number of benzene rings is 2. The van der Waals surface area contributed by atoms with Crippen LogP contribution in [0.1, 0.15) is 35.4 Å². The highest BCUT2D eigenvalue weighted by Gasteiger charge is 2.38. The van der Waals surface area contributed by atoms with E-state index in [1.54, 1.807) is 35.2 Å². The molecule has 0 bridgehead atoms. The van der Waals surface area contributed by atoms with Crippen molar-refractivity contribution in [2.75, 3.05) is 44.2 Å². The SMILES string of the molecule is N#Cc1ccc(CCNC(=O)[C@@H]2CCCN2c2cc(-c3ccc(CN4CCNCC4)cc3)nc(C(F)(F)F)n2)cc1. The third-order valence-electron chi connectivity index (χ3n) is 7.48. The monoisotopic (exact) mass is 563 g/mol. The lowest BCUT2D eigenvalue weighted by atomic mass is 10.1. The zero-order chi connectivity index (χ0) is 28.8. The average molecular weight is 564 g/mol. The molecule has 2 aliphatic heterocycles. The van der Waals surface area contributed by atoms with Gasteiger partial charge in [0.25, 0.3) is 0 Å². The highest BCUT2D eigenvalue weighted by molar-refractivity contribution is 5.85. The van der Waals surface area contributed by atoms with Crippen LogP contribution in [0.5, 0.6) is 0 Å². The van der Waals surface area contributed by atoms with Gasteiger partial charge in [-0.2, -0.15) is 18.4 Å². The Morgan fingerprint density at radius 3 is 2.41 bits per heavy atom. The summed E-state index contributed by atoms with van der Waals surface area (Å²) in [5.74, 6) is -1.37. The molecule has 1 atom stereocenters. The smallest absolute Gasteiger partial charge is 0.354 e. The molecule has 1 aromatic heterocycles. The number of piperazine rings is 1. The van der Waals surface area contributed by atoms with Gasteiger partial charge in [0, 0.05) is 57.4 Å². The number of anilines is 1. The molecule has 1 amide bonds. The lowest BCUT2D eigenvalue weighted by Crippen LogP contribution is -2.44. The van der Waals surface area contributed by atoms with E-state index in [0.29, 0.717) is 43.5 Å². The number of carbonyl (C=O) groups is 1. The van der Waals surface area contributed by atoms with Gasteiger partial charge in [-0.15, -0.1) is 0 Å². The second kappa shape index (κ2) is 12.7. The van der Waals surface area contributed by atoms with Gasteiger partial charge in [-0.1, -0.05) is 36.4 Å². The minimum Gasteiger partial charge on any atom is -0.354 e. The maximum Gasteiger partial charge on any atom is 0.451 e. The standard InChI is InChI=1S/C30H32F3N7O/c31-30(32,33)29-37-25(24-9-7-23(8-10-24)20-39-16-13-35-14-17-39)18-27(38-29)40-15-1-2-26(40)28(41)36-12-11-21-3-5-22(19-34)6-4-21/h3-10,18,26,35H,1-2,11-17,20H2,(H,36,41)/t26-/m0/s1. The molecule has 2 aliphatic rings. The minimum atomic E-state index is -4.73. The van der Waals surface area contributed by atoms with E-state index in [0.717, 1.165) is 43.9 Å². The van der Waals surface area contributed by atoms with Crippen LogP contribution in [0.2, 0.25) is 0 Å². The molecule has 8 nitrogen and oxygen atoms in total. The zero-order valence-corrected chi connectivity index (χ0v) is 22.6. The van der Waals surface area contributed by atoms with Crippen LogP contribution in [0.3, 0.4) is 0 Å². The Morgan fingerprint density at radius 2 is 1.73 bits per heavy atom. The van der Waals surface area contributed by atoms with Gasteiger partial charge in [0.1, 0.15) is 11.9 Å². The van der Waals surface area contributed by atoms with Crippen molar-refractivity contribution in [1.29, 1.82) is 5.26 Å². The molecule has 11 heteroatoms. The molecule has 0 aliphatic carbocycles. The van der Waals surface area contributed by atoms with Gasteiger partial charge in [-0.05, 0) is 42.5 Å². The number of nitrogens with zero attached hydrogens (tertiary/aromatic N) is 5. The number of nitriles is 1. The second-order valence-electron chi connectivity index (χ2n) is 10.4. The lowest BCUT2D eigenvalue weighted by Gasteiger charge is -2.27. The fourth-order valence-corrected chi connectivity index (χ4v) is 5.27. The van der Waals surface area contributed by atoms with E-state index in [1.807, 2.05) is 24.3 Å². The summed E-state index contributed by atoms with van der Waals surface area (Å²) in [7, 11) is 0. The van der Waals surface area contributed by atoms with Crippen molar-refractivity contribution in [3.8, 4) is 17.3 Å². The largest absolute Gasteiger partial charge is 0.451 e. The highest BCUT2D eigenvalue weighted by atomic mass is 19.4. The molecule has 0 radical (unpaired) electrons. The molecule has 0 saturated carbocycles. The summed E-state index contributed by atoms with van der Waals surface area (Å²) in [4.78, 5) is 24.8. The summed E-state index contributed by atoms with van der Waals surface area (Å²) in [6.07, 6.45) is -2.98. The van der Waals surface area contributed by atoms with Gasteiger partial charge in [0.2, 0.25) is 11.7 Å². The van der Waals surface area contributed by atoms with Gasteiger partial charge in [0.15, 0.2) is 0 Å². The fourth-order valence-electron chi connectivity index (χ4n) is 5.27. The Hall–Kier alpha value is -4.01. The number of alkyl halides is 3. The number of nitrogens with one attached hydrogen (secondary N) is 2. The van der Waals surface area contributed by atoms with E-state index in [1.165, 1.54) is 0 Å². The number of hydrogen-bond acceptors (Lipinski definition) is 7. The van der Waals surface area contributed by atoms with E-state index in [9.17, 15) is 18.0 Å². The van der Waals surface area contributed by atoms with Gasteiger partial charge in [0.05, 0.1) is 17.3 Å². The minimum absolute atomic E-state index is 0.0944. The van der Waals surface area contributed by atoms with Gasteiger partial charge >= 0.3 is 6.18 Å². The lowest BCUT2D eigenvalue weighted by molar-refractivity contribution is -0.144. The Labute approximate surface area is 237 Å². The van der Waals surface area contributed by atoms with Crippen LogP contribution in [0, 0.1) is 11.3 Å². The molecule has 0 spiro atoms. The van der Waals surface area contributed by atoms with E-state index < -0.39 is 18.0 Å². The van der Waals surface area contributed by atoms with Crippen molar-refractivity contribution in [1.82, 2.24) is 25.5 Å². The van der Waals surface area contributed by atoms with Gasteiger partial charge in [-0.25, -0.2) is 9.97 Å². The van der Waals surface area contributed by atoms with Crippen molar-refractivity contribution < 1.29 is 18.0 Å². The van der Waals surface area contributed by atoms with Crippen LogP contribution in [0.15, 0.2) is 54.6 Å². The van der Waals surface area contributed by atoms with Crippen LogP contribution in [0.4, 0.5) is 19.0 Å². The Balaban J connectivity index is 1.31. The first-order valence-electron chi connectivity index (χ1n) is 13.8. The molecule has 2 aromatic carbocycles. The second-order valence-corrected chi connectivity index (χ2v) is 10.4. The van der Waals surface area contributed by atoms with Crippen LogP contribution in [-0.2, 0) is 23.9 Å².